The van der Waals surface area contributed by atoms with E-state index in [9.17, 15) is 4.79 Å². The second kappa shape index (κ2) is 5.70. The molecule has 2 heterocycles. The van der Waals surface area contributed by atoms with Crippen molar-refractivity contribution in [3.05, 3.63) is 0 Å². The molecule has 0 aromatic rings. The van der Waals surface area contributed by atoms with Crippen LogP contribution in [-0.4, -0.2) is 46.6 Å². The van der Waals surface area contributed by atoms with E-state index in [4.69, 9.17) is 11.0 Å². The van der Waals surface area contributed by atoms with E-state index in [1.807, 2.05) is 30.5 Å². The molecule has 106 valence electrons. The molecule has 0 bridgehead atoms. The zero-order valence-corrected chi connectivity index (χ0v) is 12.4. The van der Waals surface area contributed by atoms with E-state index in [-0.39, 0.29) is 22.7 Å². The van der Waals surface area contributed by atoms with E-state index in [0.29, 0.717) is 0 Å². The van der Waals surface area contributed by atoms with Gasteiger partial charge in [0.1, 0.15) is 6.04 Å². The van der Waals surface area contributed by atoms with Crippen molar-refractivity contribution in [3.8, 4) is 6.07 Å². The van der Waals surface area contributed by atoms with Gasteiger partial charge in [0, 0.05) is 18.8 Å². The Morgan fingerprint density at radius 2 is 2.16 bits per heavy atom. The summed E-state index contributed by atoms with van der Waals surface area (Å²) in [6, 6.07) is 1.82. The van der Waals surface area contributed by atoms with Crippen LogP contribution in [-0.2, 0) is 4.79 Å². The van der Waals surface area contributed by atoms with Gasteiger partial charge in [0.2, 0.25) is 5.91 Å². The number of nitrogens with two attached hydrogens (primary N) is 1. The van der Waals surface area contributed by atoms with Crippen LogP contribution in [0.15, 0.2) is 0 Å². The first-order valence-corrected chi connectivity index (χ1v) is 7.81. The number of carbonyl (C=O) groups is 1. The molecule has 0 aromatic carbocycles. The molecule has 19 heavy (non-hydrogen) atoms. The lowest BCUT2D eigenvalue weighted by molar-refractivity contribution is -0.134. The molecular formula is C13H22N4OS. The molecule has 2 rings (SSSR count). The summed E-state index contributed by atoms with van der Waals surface area (Å²) in [5, 5.41) is 12.3. The van der Waals surface area contributed by atoms with Crippen molar-refractivity contribution in [3.63, 3.8) is 0 Å². The van der Waals surface area contributed by atoms with Crippen LogP contribution in [0.5, 0.6) is 0 Å². The highest BCUT2D eigenvalue weighted by atomic mass is 32.2. The smallest absolute Gasteiger partial charge is 0.239 e. The minimum absolute atomic E-state index is 0.000890. The lowest BCUT2D eigenvalue weighted by Gasteiger charge is -2.40. The Balaban J connectivity index is 1.90. The fraction of sp³-hybridized carbons (Fsp3) is 0.846. The maximum atomic E-state index is 12.2. The number of thioether (sulfide) groups is 1. The Morgan fingerprint density at radius 1 is 1.53 bits per heavy atom. The summed E-state index contributed by atoms with van der Waals surface area (Å²) >= 11 is 1.82. The fourth-order valence-electron chi connectivity index (χ4n) is 2.59. The largest absolute Gasteiger partial charge is 0.341 e. The quantitative estimate of drug-likeness (QED) is 0.771. The number of piperidine rings is 1. The number of nitriles is 1. The van der Waals surface area contributed by atoms with Crippen molar-refractivity contribution in [2.75, 3.05) is 18.8 Å². The molecule has 0 aromatic heterocycles. The second-order valence-electron chi connectivity index (χ2n) is 5.73. The summed E-state index contributed by atoms with van der Waals surface area (Å²) in [6.45, 7) is 5.41. The standard InChI is InChI=1S/C13H22N4OS/c1-9(2)11(15)12(18)17-5-3-13(4-6-17)16-10(7-14)8-19-13/h9-11,16H,3-6,8,15H2,1-2H3/t10-,11+/m1/s1. The average Bonchev–Trinajstić information content (AvgIpc) is 2.81. The molecule has 0 aliphatic carbocycles. The van der Waals surface area contributed by atoms with Gasteiger partial charge < -0.3 is 10.6 Å². The topological polar surface area (TPSA) is 82.2 Å². The van der Waals surface area contributed by atoms with E-state index in [1.54, 1.807) is 0 Å². The predicted molar refractivity (Wildman–Crippen MR) is 76.4 cm³/mol. The highest BCUT2D eigenvalue weighted by Gasteiger charge is 2.42. The summed E-state index contributed by atoms with van der Waals surface area (Å²) < 4.78 is 0. The first-order valence-electron chi connectivity index (χ1n) is 6.83. The highest BCUT2D eigenvalue weighted by molar-refractivity contribution is 8.00. The van der Waals surface area contributed by atoms with Gasteiger partial charge in [0.05, 0.1) is 17.0 Å². The minimum atomic E-state index is -0.398. The van der Waals surface area contributed by atoms with Crippen molar-refractivity contribution in [1.29, 1.82) is 5.26 Å². The third kappa shape index (κ3) is 3.04. The third-order valence-electron chi connectivity index (χ3n) is 4.01. The molecule has 6 heteroatoms. The number of hydrogen-bond acceptors (Lipinski definition) is 5. The van der Waals surface area contributed by atoms with E-state index in [0.717, 1.165) is 31.7 Å². The molecule has 2 saturated heterocycles. The average molecular weight is 282 g/mol. The Labute approximate surface area is 118 Å². The van der Waals surface area contributed by atoms with Crippen LogP contribution >= 0.6 is 11.8 Å². The maximum Gasteiger partial charge on any atom is 0.239 e. The molecule has 1 amide bonds. The van der Waals surface area contributed by atoms with Gasteiger partial charge in [-0.05, 0) is 18.8 Å². The number of rotatable bonds is 2. The Morgan fingerprint density at radius 3 is 2.63 bits per heavy atom. The van der Waals surface area contributed by atoms with Gasteiger partial charge in [-0.15, -0.1) is 11.8 Å². The number of nitrogens with one attached hydrogen (secondary N) is 1. The molecule has 2 aliphatic heterocycles. The first kappa shape index (κ1) is 14.6. The molecule has 0 unspecified atom stereocenters. The monoisotopic (exact) mass is 282 g/mol. The Hall–Kier alpha value is -0.770. The lowest BCUT2D eigenvalue weighted by Crippen LogP contribution is -2.55. The Bertz CT molecular complexity index is 385. The lowest BCUT2D eigenvalue weighted by atomic mass is 9.99. The predicted octanol–water partition coefficient (Wildman–Crippen LogP) is 0.517. The SMILES string of the molecule is CC(C)[C@H](N)C(=O)N1CCC2(CC1)N[C@H](C#N)CS2. The number of hydrogen-bond donors (Lipinski definition) is 2. The number of carbonyl (C=O) groups excluding carboxylic acids is 1. The number of nitrogens with zero attached hydrogens (tertiary/aromatic N) is 2. The molecule has 1 spiro atoms. The third-order valence-corrected chi connectivity index (χ3v) is 5.58. The van der Waals surface area contributed by atoms with Gasteiger partial charge in [-0.25, -0.2) is 0 Å². The molecule has 2 aliphatic rings. The molecule has 0 saturated carbocycles. The van der Waals surface area contributed by atoms with E-state index >= 15 is 0 Å². The van der Waals surface area contributed by atoms with Gasteiger partial charge in [0.25, 0.3) is 0 Å². The molecule has 2 atom stereocenters. The molecular weight excluding hydrogens is 260 g/mol. The summed E-state index contributed by atoms with van der Waals surface area (Å²) in [4.78, 5) is 14.1. The van der Waals surface area contributed by atoms with Crippen molar-refractivity contribution in [2.24, 2.45) is 11.7 Å². The van der Waals surface area contributed by atoms with Crippen LogP contribution in [0, 0.1) is 17.2 Å². The van der Waals surface area contributed by atoms with Crippen molar-refractivity contribution in [1.82, 2.24) is 10.2 Å². The van der Waals surface area contributed by atoms with Gasteiger partial charge in [-0.3, -0.25) is 10.1 Å². The zero-order chi connectivity index (χ0) is 14.0. The normalized spacial score (nSPS) is 27.5. The van der Waals surface area contributed by atoms with Crippen LogP contribution in [0.25, 0.3) is 0 Å². The van der Waals surface area contributed by atoms with Gasteiger partial charge in [-0.1, -0.05) is 13.8 Å². The molecule has 5 nitrogen and oxygen atoms in total. The van der Waals surface area contributed by atoms with Gasteiger partial charge >= 0.3 is 0 Å². The van der Waals surface area contributed by atoms with Crippen molar-refractivity contribution in [2.45, 2.75) is 43.6 Å². The van der Waals surface area contributed by atoms with Crippen LogP contribution in [0.3, 0.4) is 0 Å². The molecule has 0 radical (unpaired) electrons. The molecule has 3 N–H and O–H groups in total. The summed E-state index contributed by atoms with van der Waals surface area (Å²) in [5.74, 6) is 1.07. The van der Waals surface area contributed by atoms with Crippen LogP contribution in [0.1, 0.15) is 26.7 Å². The number of amides is 1. The van der Waals surface area contributed by atoms with E-state index in [2.05, 4.69) is 11.4 Å². The van der Waals surface area contributed by atoms with Crippen LogP contribution < -0.4 is 11.1 Å². The fourth-order valence-corrected chi connectivity index (χ4v) is 3.93. The second-order valence-corrected chi connectivity index (χ2v) is 7.13. The summed E-state index contributed by atoms with van der Waals surface area (Å²) in [7, 11) is 0. The Kier molecular flexibility index (Phi) is 4.39. The maximum absolute atomic E-state index is 12.2. The van der Waals surface area contributed by atoms with E-state index < -0.39 is 6.04 Å². The first-order chi connectivity index (χ1) is 8.97. The zero-order valence-electron chi connectivity index (χ0n) is 11.6. The summed E-state index contributed by atoms with van der Waals surface area (Å²) in [6.07, 6.45) is 1.79. The highest BCUT2D eigenvalue weighted by Crippen LogP contribution is 2.39. The van der Waals surface area contributed by atoms with Crippen LogP contribution in [0.2, 0.25) is 0 Å². The summed E-state index contributed by atoms with van der Waals surface area (Å²) in [5.41, 5.74) is 5.92. The minimum Gasteiger partial charge on any atom is -0.341 e. The van der Waals surface area contributed by atoms with Gasteiger partial charge in [0.15, 0.2) is 0 Å². The number of likely N-dealkylation sites (tertiary alicyclic amines) is 1. The van der Waals surface area contributed by atoms with E-state index in [1.165, 1.54) is 0 Å². The van der Waals surface area contributed by atoms with Crippen molar-refractivity contribution >= 4 is 17.7 Å². The van der Waals surface area contributed by atoms with Crippen LogP contribution in [0.4, 0.5) is 0 Å². The molecule has 2 fully saturated rings. The van der Waals surface area contributed by atoms with Gasteiger partial charge in [-0.2, -0.15) is 5.26 Å². The van der Waals surface area contributed by atoms with Crippen molar-refractivity contribution < 1.29 is 4.79 Å².